The van der Waals surface area contributed by atoms with E-state index < -0.39 is 29.2 Å². The molecule has 0 spiro atoms. The van der Waals surface area contributed by atoms with E-state index in [1.807, 2.05) is 0 Å². The van der Waals surface area contributed by atoms with Crippen LogP contribution in [0.2, 0.25) is 0 Å². The number of benzene rings is 1. The summed E-state index contributed by atoms with van der Waals surface area (Å²) in [4.78, 5) is 31.5. The van der Waals surface area contributed by atoms with Crippen molar-refractivity contribution < 1.29 is 27.9 Å². The summed E-state index contributed by atoms with van der Waals surface area (Å²) in [6, 6.07) is 4.30. The molecule has 7 nitrogen and oxygen atoms in total. The van der Waals surface area contributed by atoms with Crippen LogP contribution >= 0.6 is 11.3 Å². The fourth-order valence-corrected chi connectivity index (χ4v) is 5.40. The van der Waals surface area contributed by atoms with Crippen LogP contribution in [0.3, 0.4) is 0 Å². The molecule has 1 aromatic carbocycles. The number of thiazole rings is 1. The normalized spacial score (nSPS) is 23.2. The monoisotopic (exact) mass is 506 g/mol. The minimum Gasteiger partial charge on any atom is -0.384 e. The number of rotatable bonds is 6. The molecule has 11 heteroatoms. The van der Waals surface area contributed by atoms with Crippen molar-refractivity contribution in [3.05, 3.63) is 51.5 Å². The zero-order valence-electron chi connectivity index (χ0n) is 18.8. The third-order valence-corrected chi connectivity index (χ3v) is 7.64. The second-order valence-corrected chi connectivity index (χ2v) is 9.95. The van der Waals surface area contributed by atoms with Gasteiger partial charge in [0.25, 0.3) is 5.91 Å². The number of likely N-dealkylation sites (tertiary alicyclic amines) is 1. The molecule has 2 amide bonds. The summed E-state index contributed by atoms with van der Waals surface area (Å²) in [6.45, 7) is 1.01. The number of amides is 2. The van der Waals surface area contributed by atoms with E-state index in [2.05, 4.69) is 26.4 Å². The van der Waals surface area contributed by atoms with Gasteiger partial charge in [0.1, 0.15) is 5.60 Å². The first-order chi connectivity index (χ1) is 16.6. The van der Waals surface area contributed by atoms with Crippen LogP contribution in [0.5, 0.6) is 0 Å². The molecule has 1 aromatic heterocycles. The molecule has 3 N–H and O–H groups in total. The lowest BCUT2D eigenvalue weighted by Gasteiger charge is -2.48. The first-order valence-corrected chi connectivity index (χ1v) is 12.0. The van der Waals surface area contributed by atoms with Gasteiger partial charge in [-0.3, -0.25) is 14.5 Å². The summed E-state index contributed by atoms with van der Waals surface area (Å²) >= 11 is 1.34. The van der Waals surface area contributed by atoms with Gasteiger partial charge in [-0.25, -0.2) is 4.98 Å². The SMILES string of the molecule is C#Cc1ncc([C@]2(O)CC[C@H](N3CC(NC(=O)CNC(=O)c4cccc(C(F)(F)F)c4)C3)CC2)s1. The maximum Gasteiger partial charge on any atom is 0.416 e. The summed E-state index contributed by atoms with van der Waals surface area (Å²) in [6.07, 6.45) is 5.32. The maximum absolute atomic E-state index is 12.8. The molecule has 2 fully saturated rings. The minimum atomic E-state index is -4.55. The van der Waals surface area contributed by atoms with Crippen molar-refractivity contribution in [3.8, 4) is 12.3 Å². The average molecular weight is 507 g/mol. The standard InChI is InChI=1S/C24H25F3N4O3S/c1-2-21-28-11-19(35-21)23(34)8-6-18(7-9-23)31-13-17(14-31)30-20(32)12-29-22(33)15-4-3-5-16(10-15)24(25,26)27/h1,3-5,10-11,17-18,34H,6-9,12-14H2,(H,29,33)(H,30,32)/t18-,23-. The minimum absolute atomic E-state index is 0.0616. The van der Waals surface area contributed by atoms with Gasteiger partial charge in [-0.2, -0.15) is 13.2 Å². The highest BCUT2D eigenvalue weighted by Gasteiger charge is 2.41. The number of hydrogen-bond acceptors (Lipinski definition) is 6. The molecule has 1 aliphatic carbocycles. The number of nitrogens with one attached hydrogen (secondary N) is 2. The Morgan fingerprint density at radius 3 is 2.63 bits per heavy atom. The summed E-state index contributed by atoms with van der Waals surface area (Å²) in [5.74, 6) is 1.35. The lowest BCUT2D eigenvalue weighted by molar-refractivity contribution is -0.137. The average Bonchev–Trinajstić information content (AvgIpc) is 3.30. The third-order valence-electron chi connectivity index (χ3n) is 6.52. The van der Waals surface area contributed by atoms with E-state index in [9.17, 15) is 27.9 Å². The van der Waals surface area contributed by atoms with Gasteiger partial charge in [0.15, 0.2) is 5.01 Å². The number of carbonyl (C=O) groups is 2. The van der Waals surface area contributed by atoms with Gasteiger partial charge >= 0.3 is 6.18 Å². The summed E-state index contributed by atoms with van der Waals surface area (Å²) in [5, 5.41) is 16.7. The molecular formula is C24H25F3N4O3S. The zero-order valence-corrected chi connectivity index (χ0v) is 19.6. The van der Waals surface area contributed by atoms with Crippen molar-refractivity contribution >= 4 is 23.2 Å². The van der Waals surface area contributed by atoms with Gasteiger partial charge in [0.05, 0.1) is 23.0 Å². The largest absolute Gasteiger partial charge is 0.416 e. The van der Waals surface area contributed by atoms with Gasteiger partial charge in [-0.05, 0) is 49.8 Å². The molecule has 35 heavy (non-hydrogen) atoms. The second-order valence-electron chi connectivity index (χ2n) is 8.92. The Bertz CT molecular complexity index is 1130. The van der Waals surface area contributed by atoms with Crippen molar-refractivity contribution in [2.75, 3.05) is 19.6 Å². The first-order valence-electron chi connectivity index (χ1n) is 11.2. The number of aliphatic hydroxyl groups is 1. The van der Waals surface area contributed by atoms with Crippen LogP contribution < -0.4 is 10.6 Å². The van der Waals surface area contributed by atoms with Crippen molar-refractivity contribution in [1.29, 1.82) is 0 Å². The van der Waals surface area contributed by atoms with Crippen molar-refractivity contribution in [1.82, 2.24) is 20.5 Å². The summed E-state index contributed by atoms with van der Waals surface area (Å²) < 4.78 is 38.4. The highest BCUT2D eigenvalue weighted by molar-refractivity contribution is 7.12. The van der Waals surface area contributed by atoms with Crippen molar-refractivity contribution in [2.45, 2.75) is 49.5 Å². The Labute approximate surface area is 204 Å². The predicted molar refractivity (Wildman–Crippen MR) is 123 cm³/mol. The van der Waals surface area contributed by atoms with Crippen LogP contribution in [-0.4, -0.2) is 58.5 Å². The number of nitrogens with zero attached hydrogens (tertiary/aromatic N) is 2. The molecule has 2 aliphatic rings. The molecule has 2 heterocycles. The lowest BCUT2D eigenvalue weighted by Crippen LogP contribution is -2.63. The van der Waals surface area contributed by atoms with Gasteiger partial charge in [0.2, 0.25) is 5.91 Å². The third kappa shape index (κ3) is 5.83. The number of hydrogen-bond donors (Lipinski definition) is 3. The Morgan fingerprint density at radius 1 is 1.29 bits per heavy atom. The Kier molecular flexibility index (Phi) is 7.17. The van der Waals surface area contributed by atoms with E-state index in [1.165, 1.54) is 17.4 Å². The van der Waals surface area contributed by atoms with Gasteiger partial charge < -0.3 is 15.7 Å². The molecule has 0 atom stereocenters. The van der Waals surface area contributed by atoms with Crippen LogP contribution in [0.4, 0.5) is 13.2 Å². The quantitative estimate of drug-likeness (QED) is 0.524. The van der Waals surface area contributed by atoms with Crippen molar-refractivity contribution in [2.24, 2.45) is 0 Å². The Hall–Kier alpha value is -2.94. The van der Waals surface area contributed by atoms with E-state index in [0.717, 1.165) is 35.9 Å². The molecule has 2 aromatic rings. The number of alkyl halides is 3. The van der Waals surface area contributed by atoms with Gasteiger partial charge in [-0.1, -0.05) is 6.07 Å². The zero-order chi connectivity index (χ0) is 25.2. The number of halogens is 3. The topological polar surface area (TPSA) is 94.6 Å². The molecule has 186 valence electrons. The molecule has 0 radical (unpaired) electrons. The van der Waals surface area contributed by atoms with Crippen LogP contribution in [0.1, 0.15) is 51.5 Å². The van der Waals surface area contributed by atoms with Crippen LogP contribution in [0.25, 0.3) is 0 Å². The van der Waals surface area contributed by atoms with Crippen LogP contribution in [0, 0.1) is 12.3 Å². The summed E-state index contributed by atoms with van der Waals surface area (Å²) in [7, 11) is 0. The molecule has 4 rings (SSSR count). The highest BCUT2D eigenvalue weighted by Crippen LogP contribution is 2.41. The van der Waals surface area contributed by atoms with Crippen molar-refractivity contribution in [3.63, 3.8) is 0 Å². The smallest absolute Gasteiger partial charge is 0.384 e. The molecule has 1 saturated heterocycles. The van der Waals surface area contributed by atoms with E-state index in [-0.39, 0.29) is 18.2 Å². The van der Waals surface area contributed by atoms with Crippen LogP contribution in [0.15, 0.2) is 30.5 Å². The first kappa shape index (κ1) is 25.2. The Balaban J connectivity index is 1.18. The van der Waals surface area contributed by atoms with Crippen LogP contribution in [-0.2, 0) is 16.6 Å². The molecule has 1 aliphatic heterocycles. The molecule has 0 unspecified atom stereocenters. The maximum atomic E-state index is 12.8. The number of carbonyl (C=O) groups excluding carboxylic acids is 2. The lowest BCUT2D eigenvalue weighted by atomic mass is 9.80. The van der Waals surface area contributed by atoms with E-state index in [4.69, 9.17) is 6.42 Å². The Morgan fingerprint density at radius 2 is 2.00 bits per heavy atom. The molecule has 1 saturated carbocycles. The van der Waals surface area contributed by atoms with Gasteiger partial charge in [-0.15, -0.1) is 17.8 Å². The summed E-state index contributed by atoms with van der Waals surface area (Å²) in [5.41, 5.74) is -1.98. The molecular weight excluding hydrogens is 481 g/mol. The number of terminal acetylenes is 1. The second kappa shape index (κ2) is 9.97. The number of aromatic nitrogens is 1. The fraction of sp³-hybridized carbons (Fsp3) is 0.458. The molecule has 0 bridgehead atoms. The van der Waals surface area contributed by atoms with E-state index in [0.29, 0.717) is 37.0 Å². The van der Waals surface area contributed by atoms with E-state index in [1.54, 1.807) is 6.20 Å². The fourth-order valence-electron chi connectivity index (χ4n) is 4.53. The van der Waals surface area contributed by atoms with Gasteiger partial charge in [0, 0.05) is 30.9 Å². The van der Waals surface area contributed by atoms with E-state index >= 15 is 0 Å². The highest BCUT2D eigenvalue weighted by atomic mass is 32.1. The predicted octanol–water partition coefficient (Wildman–Crippen LogP) is 2.50.